The second kappa shape index (κ2) is 6.54. The van der Waals surface area contributed by atoms with E-state index < -0.39 is 11.4 Å². The maximum Gasteiger partial charge on any atom is 0.310 e. The first-order chi connectivity index (χ1) is 9.49. The first-order valence-corrected chi connectivity index (χ1v) is 7.32. The molecule has 1 atom stereocenters. The summed E-state index contributed by atoms with van der Waals surface area (Å²) in [6, 6.07) is 0.201. The number of rotatable bonds is 4. The van der Waals surface area contributed by atoms with Gasteiger partial charge in [0.1, 0.15) is 0 Å². The van der Waals surface area contributed by atoms with Gasteiger partial charge < -0.3 is 15.2 Å². The molecular weight excluding hydrogens is 260 g/mol. The van der Waals surface area contributed by atoms with E-state index in [-0.39, 0.29) is 11.9 Å². The van der Waals surface area contributed by atoms with Crippen molar-refractivity contribution >= 4 is 11.9 Å². The zero-order valence-corrected chi connectivity index (χ0v) is 12.1. The molecule has 6 nitrogen and oxygen atoms in total. The summed E-state index contributed by atoms with van der Waals surface area (Å²) in [6.45, 7) is 4.70. The molecule has 0 aromatic heterocycles. The number of hydrogen-bond acceptors (Lipinski definition) is 4. The summed E-state index contributed by atoms with van der Waals surface area (Å²) < 4.78 is 5.26. The second-order valence-electron chi connectivity index (χ2n) is 6.13. The van der Waals surface area contributed by atoms with Crippen LogP contribution in [0.2, 0.25) is 0 Å². The number of carboxylic acid groups (broad SMARTS) is 1. The van der Waals surface area contributed by atoms with E-state index in [0.717, 1.165) is 25.8 Å². The third kappa shape index (κ3) is 3.93. The molecular formula is C14H24N2O4. The molecule has 0 bridgehead atoms. The zero-order valence-electron chi connectivity index (χ0n) is 12.1. The number of nitrogens with zero attached hydrogens (tertiary/aromatic N) is 1. The Morgan fingerprint density at radius 2 is 2.10 bits per heavy atom. The lowest BCUT2D eigenvalue weighted by molar-refractivity contribution is -0.151. The molecule has 0 aromatic carbocycles. The smallest absolute Gasteiger partial charge is 0.310 e. The van der Waals surface area contributed by atoms with Gasteiger partial charge in [-0.1, -0.05) is 0 Å². The molecule has 2 N–H and O–H groups in total. The van der Waals surface area contributed by atoms with Crippen molar-refractivity contribution in [2.75, 3.05) is 32.8 Å². The molecule has 0 radical (unpaired) electrons. The van der Waals surface area contributed by atoms with Crippen LogP contribution in [0.4, 0.5) is 0 Å². The monoisotopic (exact) mass is 284 g/mol. The molecule has 2 saturated heterocycles. The van der Waals surface area contributed by atoms with Crippen LogP contribution in [0.15, 0.2) is 0 Å². The highest BCUT2D eigenvalue weighted by Crippen LogP contribution is 2.29. The standard InChI is InChI=1S/C14H24N2O4/c1-14(13(18)19)5-2-6-16(10-14)9-12(17)15-11-3-7-20-8-4-11/h11H,2-10H2,1H3,(H,15,17)(H,18,19). The van der Waals surface area contributed by atoms with Crippen LogP contribution in [0.3, 0.4) is 0 Å². The Balaban J connectivity index is 1.80. The third-order valence-electron chi connectivity index (χ3n) is 4.25. The molecule has 0 aliphatic carbocycles. The van der Waals surface area contributed by atoms with Crippen LogP contribution in [-0.4, -0.2) is 60.8 Å². The van der Waals surface area contributed by atoms with Crippen LogP contribution < -0.4 is 5.32 Å². The average Bonchev–Trinajstić information content (AvgIpc) is 2.39. The van der Waals surface area contributed by atoms with Crippen LogP contribution >= 0.6 is 0 Å². The van der Waals surface area contributed by atoms with E-state index in [2.05, 4.69) is 5.32 Å². The Morgan fingerprint density at radius 3 is 2.75 bits per heavy atom. The average molecular weight is 284 g/mol. The highest BCUT2D eigenvalue weighted by molar-refractivity contribution is 5.79. The molecule has 20 heavy (non-hydrogen) atoms. The molecule has 114 valence electrons. The van der Waals surface area contributed by atoms with Gasteiger partial charge in [-0.05, 0) is 39.2 Å². The largest absolute Gasteiger partial charge is 0.481 e. The van der Waals surface area contributed by atoms with E-state index >= 15 is 0 Å². The molecule has 1 unspecified atom stereocenters. The minimum Gasteiger partial charge on any atom is -0.481 e. The number of carboxylic acids is 1. The first kappa shape index (κ1) is 15.3. The fourth-order valence-corrected chi connectivity index (χ4v) is 2.97. The van der Waals surface area contributed by atoms with Gasteiger partial charge in [0.2, 0.25) is 5.91 Å². The van der Waals surface area contributed by atoms with Crippen molar-refractivity contribution in [1.29, 1.82) is 0 Å². The van der Waals surface area contributed by atoms with Crippen molar-refractivity contribution in [1.82, 2.24) is 10.2 Å². The van der Waals surface area contributed by atoms with Crippen molar-refractivity contribution < 1.29 is 19.4 Å². The number of carbonyl (C=O) groups is 2. The second-order valence-corrected chi connectivity index (χ2v) is 6.13. The van der Waals surface area contributed by atoms with Gasteiger partial charge in [-0.15, -0.1) is 0 Å². The summed E-state index contributed by atoms with van der Waals surface area (Å²) in [6.07, 6.45) is 3.23. The molecule has 0 aromatic rings. The SMILES string of the molecule is CC1(C(=O)O)CCCN(CC(=O)NC2CCOCC2)C1. The van der Waals surface area contributed by atoms with Gasteiger partial charge in [-0.3, -0.25) is 14.5 Å². The number of hydrogen-bond donors (Lipinski definition) is 2. The fourth-order valence-electron chi connectivity index (χ4n) is 2.97. The summed E-state index contributed by atoms with van der Waals surface area (Å²) in [5.41, 5.74) is -0.725. The summed E-state index contributed by atoms with van der Waals surface area (Å²) in [5.74, 6) is -0.779. The summed E-state index contributed by atoms with van der Waals surface area (Å²) in [7, 11) is 0. The molecule has 0 saturated carbocycles. The van der Waals surface area contributed by atoms with Gasteiger partial charge in [0, 0.05) is 25.8 Å². The van der Waals surface area contributed by atoms with Crippen molar-refractivity contribution in [3.8, 4) is 0 Å². The number of amides is 1. The van der Waals surface area contributed by atoms with Gasteiger partial charge in [-0.2, -0.15) is 0 Å². The normalized spacial score (nSPS) is 29.1. The molecule has 2 heterocycles. The van der Waals surface area contributed by atoms with Gasteiger partial charge in [0.15, 0.2) is 0 Å². The molecule has 6 heteroatoms. The summed E-state index contributed by atoms with van der Waals surface area (Å²) >= 11 is 0. The number of piperidine rings is 1. The highest BCUT2D eigenvalue weighted by Gasteiger charge is 2.38. The topological polar surface area (TPSA) is 78.9 Å². The Labute approximate surface area is 119 Å². The van der Waals surface area contributed by atoms with Crippen LogP contribution in [0, 0.1) is 5.41 Å². The Hall–Kier alpha value is -1.14. The van der Waals surface area contributed by atoms with E-state index in [1.165, 1.54) is 0 Å². The molecule has 1 amide bonds. The zero-order chi connectivity index (χ0) is 14.6. The predicted octanol–water partition coefficient (Wildman–Crippen LogP) is 0.468. The molecule has 2 fully saturated rings. The Morgan fingerprint density at radius 1 is 1.40 bits per heavy atom. The van der Waals surface area contributed by atoms with E-state index in [1.54, 1.807) is 6.92 Å². The van der Waals surface area contributed by atoms with E-state index in [4.69, 9.17) is 4.74 Å². The van der Waals surface area contributed by atoms with Gasteiger partial charge in [-0.25, -0.2) is 0 Å². The molecule has 2 aliphatic heterocycles. The van der Waals surface area contributed by atoms with Crippen LogP contribution in [0.1, 0.15) is 32.6 Å². The third-order valence-corrected chi connectivity index (χ3v) is 4.25. The first-order valence-electron chi connectivity index (χ1n) is 7.32. The van der Waals surface area contributed by atoms with E-state index in [0.29, 0.717) is 32.7 Å². The van der Waals surface area contributed by atoms with Crippen molar-refractivity contribution in [2.45, 2.75) is 38.6 Å². The molecule has 2 rings (SSSR count). The van der Waals surface area contributed by atoms with Crippen LogP contribution in [-0.2, 0) is 14.3 Å². The minimum atomic E-state index is -0.771. The lowest BCUT2D eigenvalue weighted by Gasteiger charge is -2.37. The molecule has 2 aliphatic rings. The van der Waals surface area contributed by atoms with Gasteiger partial charge in [0.25, 0.3) is 0 Å². The van der Waals surface area contributed by atoms with Crippen LogP contribution in [0.5, 0.6) is 0 Å². The maximum absolute atomic E-state index is 12.0. The van der Waals surface area contributed by atoms with Crippen molar-refractivity contribution in [3.63, 3.8) is 0 Å². The lowest BCUT2D eigenvalue weighted by atomic mass is 9.82. The van der Waals surface area contributed by atoms with Gasteiger partial charge >= 0.3 is 5.97 Å². The number of carbonyl (C=O) groups excluding carboxylic acids is 1. The fraction of sp³-hybridized carbons (Fsp3) is 0.857. The number of nitrogens with one attached hydrogen (secondary N) is 1. The number of likely N-dealkylation sites (tertiary alicyclic amines) is 1. The summed E-state index contributed by atoms with van der Waals surface area (Å²) in [5, 5.41) is 12.3. The van der Waals surface area contributed by atoms with E-state index in [9.17, 15) is 14.7 Å². The minimum absolute atomic E-state index is 0.00783. The maximum atomic E-state index is 12.0. The quantitative estimate of drug-likeness (QED) is 0.784. The van der Waals surface area contributed by atoms with Crippen LogP contribution in [0.25, 0.3) is 0 Å². The van der Waals surface area contributed by atoms with Gasteiger partial charge in [0.05, 0.1) is 12.0 Å². The molecule has 0 spiro atoms. The van der Waals surface area contributed by atoms with Crippen molar-refractivity contribution in [2.24, 2.45) is 5.41 Å². The predicted molar refractivity (Wildman–Crippen MR) is 73.4 cm³/mol. The Bertz CT molecular complexity index is 368. The number of ether oxygens (including phenoxy) is 1. The van der Waals surface area contributed by atoms with E-state index in [1.807, 2.05) is 4.90 Å². The lowest BCUT2D eigenvalue weighted by Crippen LogP contribution is -2.50. The Kier molecular flexibility index (Phi) is 4.99. The highest BCUT2D eigenvalue weighted by atomic mass is 16.5. The summed E-state index contributed by atoms with van der Waals surface area (Å²) in [4.78, 5) is 25.3. The van der Waals surface area contributed by atoms with Crippen molar-refractivity contribution in [3.05, 3.63) is 0 Å². The number of aliphatic carboxylic acids is 1.